The zero-order chi connectivity index (χ0) is 14.0. The van der Waals surface area contributed by atoms with Crippen molar-refractivity contribution in [3.8, 4) is 0 Å². The fraction of sp³-hybridized carbons (Fsp3) is 0.643. The molecule has 1 saturated heterocycles. The van der Waals surface area contributed by atoms with Crippen LogP contribution >= 0.6 is 0 Å². The first-order chi connectivity index (χ1) is 8.93. The lowest BCUT2D eigenvalue weighted by molar-refractivity contribution is -0.0629. The van der Waals surface area contributed by atoms with Gasteiger partial charge < -0.3 is 15.6 Å². The maximum absolute atomic E-state index is 10.7. The van der Waals surface area contributed by atoms with Crippen molar-refractivity contribution >= 4 is 5.82 Å². The Morgan fingerprint density at radius 2 is 2.05 bits per heavy atom. The van der Waals surface area contributed by atoms with Gasteiger partial charge in [0, 0.05) is 30.4 Å². The Kier molecular flexibility index (Phi) is 4.08. The molecule has 0 amide bonds. The lowest BCUT2D eigenvalue weighted by Crippen LogP contribution is -2.53. The van der Waals surface area contributed by atoms with Crippen LogP contribution in [-0.2, 0) is 4.74 Å². The van der Waals surface area contributed by atoms with Crippen molar-refractivity contribution in [2.24, 2.45) is 0 Å². The first-order valence-electron chi connectivity index (χ1n) is 6.66. The number of hydrogen-bond donors (Lipinski definition) is 2. The van der Waals surface area contributed by atoms with Crippen LogP contribution in [-0.4, -0.2) is 46.8 Å². The van der Waals surface area contributed by atoms with Crippen LogP contribution in [0.5, 0.6) is 0 Å². The maximum Gasteiger partial charge on any atom is 0.129 e. The summed E-state index contributed by atoms with van der Waals surface area (Å²) in [5.74, 6) is 0.402. The van der Waals surface area contributed by atoms with E-state index in [9.17, 15) is 5.11 Å². The van der Waals surface area contributed by atoms with Crippen molar-refractivity contribution in [1.82, 2.24) is 9.88 Å². The van der Waals surface area contributed by atoms with Gasteiger partial charge in [0.25, 0.3) is 0 Å². The number of nitrogen functional groups attached to an aromatic ring is 1. The topological polar surface area (TPSA) is 71.6 Å². The number of aryl methyl sites for hydroxylation is 1. The van der Waals surface area contributed by atoms with E-state index >= 15 is 0 Å². The average Bonchev–Trinajstić information content (AvgIpc) is 2.41. The minimum atomic E-state index is -0.669. The smallest absolute Gasteiger partial charge is 0.129 e. The highest BCUT2D eigenvalue weighted by Gasteiger charge is 2.37. The summed E-state index contributed by atoms with van der Waals surface area (Å²) in [6.07, 6.45) is 1.05. The Labute approximate surface area is 114 Å². The first kappa shape index (κ1) is 14.2. The average molecular weight is 265 g/mol. The molecule has 1 aromatic heterocycles. The van der Waals surface area contributed by atoms with Gasteiger partial charge in [-0.1, -0.05) is 0 Å². The monoisotopic (exact) mass is 265 g/mol. The summed E-state index contributed by atoms with van der Waals surface area (Å²) < 4.78 is 5.36. The molecule has 2 rings (SSSR count). The molecule has 1 unspecified atom stereocenters. The number of rotatable bonds is 3. The van der Waals surface area contributed by atoms with Gasteiger partial charge in [0.1, 0.15) is 11.9 Å². The van der Waals surface area contributed by atoms with E-state index in [1.165, 1.54) is 0 Å². The molecule has 0 radical (unpaired) electrons. The van der Waals surface area contributed by atoms with Crippen molar-refractivity contribution in [3.63, 3.8) is 0 Å². The predicted octanol–water partition coefficient (Wildman–Crippen LogP) is 1.12. The standard InChI is InChI=1S/C14H23N3O2/c1-10-8-11(13(15)16-9-10)12(18)14(2,3)17-4-6-19-7-5-17/h8-9,12,18H,4-7H2,1-3H3,(H2,15,16). The number of aromatic nitrogens is 1. The van der Waals surface area contributed by atoms with E-state index in [2.05, 4.69) is 9.88 Å². The van der Waals surface area contributed by atoms with Crippen molar-refractivity contribution in [1.29, 1.82) is 0 Å². The quantitative estimate of drug-likeness (QED) is 0.857. The minimum Gasteiger partial charge on any atom is -0.386 e. The zero-order valence-corrected chi connectivity index (χ0v) is 11.9. The Bertz CT molecular complexity index is 442. The van der Waals surface area contributed by atoms with E-state index in [1.54, 1.807) is 6.20 Å². The molecule has 1 atom stereocenters. The normalized spacial score (nSPS) is 19.4. The van der Waals surface area contributed by atoms with Crippen LogP contribution in [0.2, 0.25) is 0 Å². The van der Waals surface area contributed by atoms with E-state index in [4.69, 9.17) is 10.5 Å². The predicted molar refractivity (Wildman–Crippen MR) is 74.8 cm³/mol. The molecule has 0 saturated carbocycles. The van der Waals surface area contributed by atoms with Gasteiger partial charge in [-0.3, -0.25) is 4.90 Å². The molecule has 0 spiro atoms. The van der Waals surface area contributed by atoms with Crippen LogP contribution in [0.4, 0.5) is 5.82 Å². The van der Waals surface area contributed by atoms with Crippen molar-refractivity contribution in [3.05, 3.63) is 23.4 Å². The highest BCUT2D eigenvalue weighted by atomic mass is 16.5. The molecule has 19 heavy (non-hydrogen) atoms. The summed E-state index contributed by atoms with van der Waals surface area (Å²) in [5, 5.41) is 10.7. The van der Waals surface area contributed by atoms with Crippen molar-refractivity contribution < 1.29 is 9.84 Å². The Balaban J connectivity index is 2.25. The van der Waals surface area contributed by atoms with Gasteiger partial charge in [-0.15, -0.1) is 0 Å². The molecule has 1 aromatic rings. The van der Waals surface area contributed by atoms with Crippen LogP contribution in [0.1, 0.15) is 31.1 Å². The number of morpholine rings is 1. The second-order valence-electron chi connectivity index (χ2n) is 5.64. The second kappa shape index (κ2) is 5.45. The largest absolute Gasteiger partial charge is 0.386 e. The number of nitrogens with two attached hydrogens (primary N) is 1. The summed E-state index contributed by atoms with van der Waals surface area (Å²) in [4.78, 5) is 6.37. The highest BCUT2D eigenvalue weighted by molar-refractivity contribution is 5.43. The van der Waals surface area contributed by atoms with Crippen LogP contribution in [0.15, 0.2) is 12.3 Å². The van der Waals surface area contributed by atoms with Gasteiger partial charge in [0.05, 0.1) is 13.2 Å². The number of aliphatic hydroxyl groups excluding tert-OH is 1. The van der Waals surface area contributed by atoms with E-state index in [1.807, 2.05) is 26.8 Å². The number of pyridine rings is 1. The van der Waals surface area contributed by atoms with E-state index < -0.39 is 11.6 Å². The van der Waals surface area contributed by atoms with Gasteiger partial charge in [0.2, 0.25) is 0 Å². The van der Waals surface area contributed by atoms with Crippen LogP contribution < -0.4 is 5.73 Å². The van der Waals surface area contributed by atoms with E-state index in [0.717, 1.165) is 18.7 Å². The van der Waals surface area contributed by atoms with Gasteiger partial charge in [-0.25, -0.2) is 4.98 Å². The number of ether oxygens (including phenoxy) is 1. The Morgan fingerprint density at radius 1 is 1.42 bits per heavy atom. The summed E-state index contributed by atoms with van der Waals surface area (Å²) in [5.41, 5.74) is 7.21. The van der Waals surface area contributed by atoms with Gasteiger partial charge in [0.15, 0.2) is 0 Å². The number of hydrogen-bond acceptors (Lipinski definition) is 5. The molecule has 0 bridgehead atoms. The molecule has 0 aliphatic carbocycles. The molecule has 5 nitrogen and oxygen atoms in total. The van der Waals surface area contributed by atoms with Gasteiger partial charge in [-0.2, -0.15) is 0 Å². The first-order valence-corrected chi connectivity index (χ1v) is 6.66. The Morgan fingerprint density at radius 3 is 2.68 bits per heavy atom. The minimum absolute atomic E-state index is 0.395. The molecule has 1 aliphatic rings. The molecule has 106 valence electrons. The third kappa shape index (κ3) is 2.88. The summed E-state index contributed by atoms with van der Waals surface area (Å²) in [6, 6.07) is 1.91. The molecular weight excluding hydrogens is 242 g/mol. The van der Waals surface area contributed by atoms with Crippen LogP contribution in [0.3, 0.4) is 0 Å². The maximum atomic E-state index is 10.7. The SMILES string of the molecule is Cc1cnc(N)c(C(O)C(C)(C)N2CCOCC2)c1. The third-order valence-corrected chi connectivity index (χ3v) is 3.88. The molecule has 0 aromatic carbocycles. The fourth-order valence-electron chi connectivity index (χ4n) is 2.51. The lowest BCUT2D eigenvalue weighted by Gasteiger charge is -2.44. The van der Waals surface area contributed by atoms with E-state index in [-0.39, 0.29) is 0 Å². The Hall–Kier alpha value is -1.17. The van der Waals surface area contributed by atoms with Crippen molar-refractivity contribution in [2.45, 2.75) is 32.4 Å². The van der Waals surface area contributed by atoms with Gasteiger partial charge >= 0.3 is 0 Å². The number of anilines is 1. The molecule has 5 heteroatoms. The number of nitrogens with zero attached hydrogens (tertiary/aromatic N) is 2. The van der Waals surface area contributed by atoms with Crippen molar-refractivity contribution in [2.75, 3.05) is 32.0 Å². The number of aliphatic hydroxyl groups is 1. The summed E-state index contributed by atoms with van der Waals surface area (Å²) in [7, 11) is 0. The molecule has 2 heterocycles. The van der Waals surface area contributed by atoms with Crippen LogP contribution in [0.25, 0.3) is 0 Å². The molecule has 1 aliphatic heterocycles. The summed E-state index contributed by atoms with van der Waals surface area (Å²) >= 11 is 0. The third-order valence-electron chi connectivity index (χ3n) is 3.88. The van der Waals surface area contributed by atoms with Crippen LogP contribution in [0, 0.1) is 6.92 Å². The highest BCUT2D eigenvalue weighted by Crippen LogP contribution is 2.33. The second-order valence-corrected chi connectivity index (χ2v) is 5.64. The fourth-order valence-corrected chi connectivity index (χ4v) is 2.51. The molecule has 1 fully saturated rings. The molecule has 3 N–H and O–H groups in total. The zero-order valence-electron chi connectivity index (χ0n) is 11.9. The van der Waals surface area contributed by atoms with E-state index in [0.29, 0.717) is 24.6 Å². The lowest BCUT2D eigenvalue weighted by atomic mass is 9.89. The molecular formula is C14H23N3O2. The van der Waals surface area contributed by atoms with Gasteiger partial charge in [-0.05, 0) is 32.4 Å². The summed E-state index contributed by atoms with van der Waals surface area (Å²) in [6.45, 7) is 9.07.